The summed E-state index contributed by atoms with van der Waals surface area (Å²) in [6.07, 6.45) is 1.62. The molecule has 3 rings (SSSR count). The van der Waals surface area contributed by atoms with Crippen LogP contribution in [-0.4, -0.2) is 43.1 Å². The van der Waals surface area contributed by atoms with E-state index >= 15 is 0 Å². The van der Waals surface area contributed by atoms with Gasteiger partial charge >= 0.3 is 5.97 Å². The standard InChI is InChI=1S/C9H11BFNO2/c10-12-3-1-6(2-4-12)7(5-12)8(11)9(13)14/h6H,1-5H2/q-1/p+1/b8-7+. The van der Waals surface area contributed by atoms with E-state index in [0.29, 0.717) is 16.5 Å². The van der Waals surface area contributed by atoms with Crippen LogP contribution in [-0.2, 0) is 4.79 Å². The number of hydrogen-bond donors (Lipinski definition) is 1. The number of nitrogens with zero attached hydrogens (tertiary/aromatic N) is 1. The van der Waals surface area contributed by atoms with Crippen LogP contribution in [0.5, 0.6) is 0 Å². The third-order valence-corrected chi connectivity index (χ3v) is 3.29. The summed E-state index contributed by atoms with van der Waals surface area (Å²) in [5, 5.41) is 8.57. The number of hydrogen-bond acceptors (Lipinski definition) is 1. The third-order valence-electron chi connectivity index (χ3n) is 3.29. The molecule has 0 aromatic rings. The van der Waals surface area contributed by atoms with Gasteiger partial charge in [0.15, 0.2) is 0 Å². The van der Waals surface area contributed by atoms with Crippen molar-refractivity contribution in [3.63, 3.8) is 0 Å². The zero-order chi connectivity index (χ0) is 10.3. The fraction of sp³-hybridized carbons (Fsp3) is 0.667. The smallest absolute Gasteiger partial charge is 0.364 e. The molecule has 0 spiro atoms. The van der Waals surface area contributed by atoms with Gasteiger partial charge in [0.05, 0.1) is 6.54 Å². The Bertz CT molecular complexity index is 308. The van der Waals surface area contributed by atoms with Crippen molar-refractivity contribution in [3.05, 3.63) is 11.4 Å². The summed E-state index contributed by atoms with van der Waals surface area (Å²) in [7, 11) is 5.97. The second-order valence-electron chi connectivity index (χ2n) is 4.24. The summed E-state index contributed by atoms with van der Waals surface area (Å²) in [5.74, 6) is -2.34. The van der Waals surface area contributed by atoms with Crippen LogP contribution in [0.15, 0.2) is 11.4 Å². The van der Waals surface area contributed by atoms with E-state index in [4.69, 9.17) is 13.1 Å². The van der Waals surface area contributed by atoms with Gasteiger partial charge in [0.25, 0.3) is 0 Å². The summed E-state index contributed by atoms with van der Waals surface area (Å²) in [6, 6.07) is 0. The highest BCUT2D eigenvalue weighted by Crippen LogP contribution is 2.37. The average molecular weight is 196 g/mol. The fourth-order valence-electron chi connectivity index (χ4n) is 2.44. The van der Waals surface area contributed by atoms with Gasteiger partial charge in [0.1, 0.15) is 0 Å². The van der Waals surface area contributed by atoms with Crippen molar-refractivity contribution in [1.82, 2.24) is 0 Å². The van der Waals surface area contributed by atoms with Crippen LogP contribution in [0.3, 0.4) is 0 Å². The van der Waals surface area contributed by atoms with Gasteiger partial charge in [-0.15, -0.1) is 0 Å². The molecule has 3 saturated heterocycles. The number of carboxylic acids is 1. The van der Waals surface area contributed by atoms with E-state index in [1.54, 1.807) is 0 Å². The van der Waals surface area contributed by atoms with Crippen LogP contribution in [0, 0.1) is 5.92 Å². The molecule has 3 fully saturated rings. The first kappa shape index (κ1) is 9.71. The molecule has 3 heterocycles. The number of carbonyl (C=O) groups is 1. The van der Waals surface area contributed by atoms with Crippen LogP contribution in [0.25, 0.3) is 0 Å². The summed E-state index contributed by atoms with van der Waals surface area (Å²) in [6.45, 7) is 2.03. The van der Waals surface area contributed by atoms with Crippen molar-refractivity contribution in [2.45, 2.75) is 12.8 Å². The molecule has 75 valence electrons. The number of halogens is 1. The lowest BCUT2D eigenvalue weighted by Crippen LogP contribution is -2.57. The van der Waals surface area contributed by atoms with Crippen molar-refractivity contribution in [1.29, 1.82) is 0 Å². The van der Waals surface area contributed by atoms with Crippen molar-refractivity contribution in [2.24, 2.45) is 5.92 Å². The van der Waals surface area contributed by atoms with Crippen LogP contribution < -0.4 is 0 Å². The maximum Gasteiger partial charge on any atom is 0.364 e. The largest absolute Gasteiger partial charge is 0.584 e. The lowest BCUT2D eigenvalue weighted by molar-refractivity contribution is -0.827. The Morgan fingerprint density at radius 1 is 1.50 bits per heavy atom. The number of fused-ring (bicyclic) bond motifs is 3. The molecule has 0 amide bonds. The van der Waals surface area contributed by atoms with Gasteiger partial charge in [-0.3, -0.25) is 0 Å². The molecule has 0 saturated carbocycles. The molecule has 3 aliphatic heterocycles. The first-order valence-corrected chi connectivity index (χ1v) is 4.78. The Balaban J connectivity index is 2.31. The second-order valence-corrected chi connectivity index (χ2v) is 4.24. The van der Waals surface area contributed by atoms with E-state index in [1.807, 2.05) is 0 Å². The Morgan fingerprint density at radius 3 is 2.50 bits per heavy atom. The highest BCUT2D eigenvalue weighted by atomic mass is 19.1. The summed E-state index contributed by atoms with van der Waals surface area (Å²) in [4.78, 5) is 10.5. The number of quaternary nitrogens is 1. The van der Waals surface area contributed by atoms with E-state index in [-0.39, 0.29) is 5.92 Å². The Morgan fingerprint density at radius 2 is 2.07 bits per heavy atom. The highest BCUT2D eigenvalue weighted by Gasteiger charge is 2.36. The highest BCUT2D eigenvalue weighted by molar-refractivity contribution is 5.97. The minimum absolute atomic E-state index is 0.106. The molecule has 5 heteroatoms. The van der Waals surface area contributed by atoms with E-state index in [0.717, 1.165) is 25.9 Å². The lowest BCUT2D eigenvalue weighted by Gasteiger charge is -2.59. The predicted molar refractivity (Wildman–Crippen MR) is 49.1 cm³/mol. The maximum atomic E-state index is 13.3. The topological polar surface area (TPSA) is 37.3 Å². The first-order chi connectivity index (χ1) is 6.52. The molecule has 3 nitrogen and oxygen atoms in total. The SMILES string of the molecule is [B-][N+]12CCC(CC1)/C(=C(/F)C(=O)O)C2. The van der Waals surface area contributed by atoms with Gasteiger partial charge in [0, 0.05) is 18.7 Å². The van der Waals surface area contributed by atoms with Crippen LogP contribution in [0.4, 0.5) is 4.39 Å². The van der Waals surface area contributed by atoms with Gasteiger partial charge in [0.2, 0.25) is 5.83 Å². The van der Waals surface area contributed by atoms with Gasteiger partial charge < -0.3 is 9.50 Å². The average Bonchev–Trinajstić information content (AvgIpc) is 2.16. The number of carboxylic acid groups (broad SMARTS) is 1. The van der Waals surface area contributed by atoms with Gasteiger partial charge in [-0.2, -0.15) is 4.39 Å². The van der Waals surface area contributed by atoms with Crippen LogP contribution in [0.2, 0.25) is 0 Å². The lowest BCUT2D eigenvalue weighted by atomic mass is 9.78. The van der Waals surface area contributed by atoms with E-state index in [9.17, 15) is 9.18 Å². The Hall–Kier alpha value is -0.835. The molecule has 14 heavy (non-hydrogen) atoms. The maximum absolute atomic E-state index is 13.3. The molecule has 3 aliphatic rings. The molecule has 0 aromatic carbocycles. The van der Waals surface area contributed by atoms with Gasteiger partial charge in [-0.05, 0) is 18.8 Å². The minimum Gasteiger partial charge on any atom is -0.584 e. The van der Waals surface area contributed by atoms with Crippen molar-refractivity contribution >= 4 is 14.0 Å². The normalized spacial score (nSPS) is 39.7. The molecule has 1 N–H and O–H groups in total. The first-order valence-electron chi connectivity index (χ1n) is 4.78. The number of aliphatic carboxylic acids is 1. The van der Waals surface area contributed by atoms with Crippen LogP contribution in [0.1, 0.15) is 12.8 Å². The van der Waals surface area contributed by atoms with E-state index in [2.05, 4.69) is 0 Å². The van der Waals surface area contributed by atoms with Crippen LogP contribution >= 0.6 is 0 Å². The molecular weight excluding hydrogens is 184 g/mol. The van der Waals surface area contributed by atoms with E-state index in [1.165, 1.54) is 0 Å². The third kappa shape index (κ3) is 1.45. The molecule has 0 aliphatic carbocycles. The second kappa shape index (κ2) is 3.09. The zero-order valence-electron chi connectivity index (χ0n) is 7.87. The predicted octanol–water partition coefficient (Wildman–Crippen LogP) is 0.619. The quantitative estimate of drug-likeness (QED) is 0.493. The van der Waals surface area contributed by atoms with E-state index < -0.39 is 11.8 Å². The monoisotopic (exact) mass is 196 g/mol. The molecule has 0 atom stereocenters. The minimum atomic E-state index is -1.46. The summed E-state index contributed by atoms with van der Waals surface area (Å²) in [5.41, 5.74) is 0.414. The molecular formula is C9H12BFNO2. The molecule has 0 unspecified atom stereocenters. The van der Waals surface area contributed by atoms with Gasteiger partial charge in [-0.1, -0.05) is 0 Å². The fourth-order valence-corrected chi connectivity index (χ4v) is 2.44. The Labute approximate surface area is 83.2 Å². The zero-order valence-corrected chi connectivity index (χ0v) is 7.87. The summed E-state index contributed by atoms with van der Waals surface area (Å²) >= 11 is 0. The number of piperidine rings is 3. The molecule has 2 bridgehead atoms. The number of rotatable bonds is 1. The van der Waals surface area contributed by atoms with Crippen molar-refractivity contribution in [3.8, 4) is 0 Å². The summed E-state index contributed by atoms with van der Waals surface area (Å²) < 4.78 is 13.6. The Kier molecular flexibility index (Phi) is 2.14. The molecule has 0 aromatic heterocycles. The van der Waals surface area contributed by atoms with Crippen molar-refractivity contribution < 1.29 is 18.7 Å². The van der Waals surface area contributed by atoms with Gasteiger partial charge in [-0.25, -0.2) is 12.8 Å². The molecule has 3 radical (unpaired) electrons. The van der Waals surface area contributed by atoms with Crippen molar-refractivity contribution in [2.75, 3.05) is 19.6 Å².